The van der Waals surface area contributed by atoms with Gasteiger partial charge in [0.2, 0.25) is 0 Å². The zero-order valence-electron chi connectivity index (χ0n) is 10.2. The summed E-state index contributed by atoms with van der Waals surface area (Å²) in [6.45, 7) is 0. The summed E-state index contributed by atoms with van der Waals surface area (Å²) in [7, 11) is 0. The maximum Gasteiger partial charge on any atom is 0.152 e. The Balaban J connectivity index is 1.97. The number of nitrogens with one attached hydrogen (secondary N) is 1. The van der Waals surface area contributed by atoms with Gasteiger partial charge >= 0.3 is 0 Å². The van der Waals surface area contributed by atoms with E-state index in [2.05, 4.69) is 61.3 Å². The molecule has 0 unspecified atom stereocenters. The minimum atomic E-state index is 0.101. The van der Waals surface area contributed by atoms with Crippen molar-refractivity contribution in [3.63, 3.8) is 0 Å². The molecule has 0 spiro atoms. The van der Waals surface area contributed by atoms with Crippen molar-refractivity contribution in [3.05, 3.63) is 66.7 Å². The third kappa shape index (κ3) is 3.06. The van der Waals surface area contributed by atoms with E-state index in [1.807, 2.05) is 6.07 Å². The molecule has 3 aromatic rings. The lowest BCUT2D eigenvalue weighted by Crippen LogP contribution is -2.10. The van der Waals surface area contributed by atoms with Gasteiger partial charge in [0.05, 0.1) is 11.7 Å². The fourth-order valence-electron chi connectivity index (χ4n) is 1.87. The maximum absolute atomic E-state index is 6.18. The lowest BCUT2D eigenvalue weighted by Gasteiger charge is -2.18. The molecule has 3 heterocycles. The van der Waals surface area contributed by atoms with E-state index in [0.29, 0.717) is 5.15 Å². The van der Waals surface area contributed by atoms with Crippen LogP contribution in [0.2, 0.25) is 5.15 Å². The maximum atomic E-state index is 6.18. The van der Waals surface area contributed by atoms with E-state index in [4.69, 9.17) is 11.6 Å². The molecule has 2 nitrogen and oxygen atoms in total. The number of halogens is 2. The Morgan fingerprint density at radius 1 is 1.15 bits per heavy atom. The largest absolute Gasteiger partial charge is 0.370 e. The SMILES string of the molecule is Clc1ncc(Br)cc1NC(c1cccs1)c1cccs1. The summed E-state index contributed by atoms with van der Waals surface area (Å²) in [6.07, 6.45) is 1.69. The van der Waals surface area contributed by atoms with E-state index in [-0.39, 0.29) is 6.04 Å². The van der Waals surface area contributed by atoms with Gasteiger partial charge in [-0.3, -0.25) is 0 Å². The highest BCUT2D eigenvalue weighted by Gasteiger charge is 2.17. The van der Waals surface area contributed by atoms with Gasteiger partial charge in [0, 0.05) is 20.4 Å². The van der Waals surface area contributed by atoms with E-state index in [1.54, 1.807) is 28.9 Å². The first-order valence-corrected chi connectivity index (χ1v) is 8.81. The Morgan fingerprint density at radius 2 is 1.80 bits per heavy atom. The summed E-state index contributed by atoms with van der Waals surface area (Å²) in [5, 5.41) is 8.13. The molecule has 102 valence electrons. The van der Waals surface area contributed by atoms with Crippen molar-refractivity contribution in [2.24, 2.45) is 0 Å². The highest BCUT2D eigenvalue weighted by molar-refractivity contribution is 9.10. The van der Waals surface area contributed by atoms with E-state index in [0.717, 1.165) is 10.2 Å². The molecule has 0 aliphatic rings. The van der Waals surface area contributed by atoms with Crippen molar-refractivity contribution in [1.82, 2.24) is 4.98 Å². The Kier molecular flexibility index (Phi) is 4.41. The lowest BCUT2D eigenvalue weighted by molar-refractivity contribution is 0.988. The van der Waals surface area contributed by atoms with Gasteiger partial charge in [0.1, 0.15) is 0 Å². The molecule has 0 fully saturated rings. The first-order valence-electron chi connectivity index (χ1n) is 5.88. The van der Waals surface area contributed by atoms with E-state index in [9.17, 15) is 0 Å². The second-order valence-corrected chi connectivity index (χ2v) is 7.33. The molecule has 0 saturated heterocycles. The van der Waals surface area contributed by atoms with Crippen LogP contribution in [0.5, 0.6) is 0 Å². The standard InChI is InChI=1S/C14H10BrClN2S2/c15-9-7-10(14(16)17-8-9)18-13(11-3-1-5-19-11)12-4-2-6-20-12/h1-8,13,18H. The van der Waals surface area contributed by atoms with E-state index >= 15 is 0 Å². The quantitative estimate of drug-likeness (QED) is 0.572. The molecule has 0 amide bonds. The van der Waals surface area contributed by atoms with Crippen molar-refractivity contribution in [3.8, 4) is 0 Å². The zero-order chi connectivity index (χ0) is 13.9. The second kappa shape index (κ2) is 6.26. The Labute approximate surface area is 138 Å². The molecule has 0 aliphatic heterocycles. The highest BCUT2D eigenvalue weighted by atomic mass is 79.9. The molecule has 6 heteroatoms. The minimum Gasteiger partial charge on any atom is -0.370 e. The molecule has 1 N–H and O–H groups in total. The molecule has 3 rings (SSSR count). The number of rotatable bonds is 4. The van der Waals surface area contributed by atoms with Gasteiger partial charge in [-0.1, -0.05) is 23.7 Å². The number of pyridine rings is 1. The Hall–Kier alpha value is -0.880. The van der Waals surface area contributed by atoms with Crippen LogP contribution in [-0.2, 0) is 0 Å². The first-order chi connectivity index (χ1) is 9.74. The minimum absolute atomic E-state index is 0.101. The average molecular weight is 386 g/mol. The van der Waals surface area contributed by atoms with Crippen LogP contribution >= 0.6 is 50.2 Å². The van der Waals surface area contributed by atoms with Gasteiger partial charge in [0.15, 0.2) is 5.15 Å². The van der Waals surface area contributed by atoms with Crippen LogP contribution in [0, 0.1) is 0 Å². The molecular formula is C14H10BrClN2S2. The summed E-state index contributed by atoms with van der Waals surface area (Å²) in [6, 6.07) is 10.4. The molecule has 0 aromatic carbocycles. The number of nitrogens with zero attached hydrogens (tertiary/aromatic N) is 1. The van der Waals surface area contributed by atoms with Crippen LogP contribution in [0.4, 0.5) is 5.69 Å². The van der Waals surface area contributed by atoms with Crippen molar-refractivity contribution >= 4 is 55.9 Å². The summed E-state index contributed by atoms with van der Waals surface area (Å²) in [5.74, 6) is 0. The van der Waals surface area contributed by atoms with Crippen LogP contribution in [-0.4, -0.2) is 4.98 Å². The lowest BCUT2D eigenvalue weighted by atomic mass is 10.2. The Bertz CT molecular complexity index is 649. The topological polar surface area (TPSA) is 24.9 Å². The summed E-state index contributed by atoms with van der Waals surface area (Å²) in [4.78, 5) is 6.66. The van der Waals surface area contributed by atoms with Crippen LogP contribution in [0.1, 0.15) is 15.8 Å². The number of anilines is 1. The molecule has 0 saturated carbocycles. The molecule has 0 radical (unpaired) electrons. The van der Waals surface area contributed by atoms with E-state index in [1.165, 1.54) is 9.75 Å². The molecule has 3 aromatic heterocycles. The van der Waals surface area contributed by atoms with Crippen LogP contribution in [0.15, 0.2) is 51.8 Å². The van der Waals surface area contributed by atoms with Gasteiger partial charge in [0.25, 0.3) is 0 Å². The van der Waals surface area contributed by atoms with Crippen LogP contribution < -0.4 is 5.32 Å². The van der Waals surface area contributed by atoms with Gasteiger partial charge in [-0.2, -0.15) is 0 Å². The number of thiophene rings is 2. The molecule has 0 bridgehead atoms. The number of hydrogen-bond acceptors (Lipinski definition) is 4. The van der Waals surface area contributed by atoms with E-state index < -0.39 is 0 Å². The van der Waals surface area contributed by atoms with Crippen molar-refractivity contribution in [2.75, 3.05) is 5.32 Å². The smallest absolute Gasteiger partial charge is 0.152 e. The van der Waals surface area contributed by atoms with Crippen molar-refractivity contribution in [1.29, 1.82) is 0 Å². The number of hydrogen-bond donors (Lipinski definition) is 1. The van der Waals surface area contributed by atoms with Crippen molar-refractivity contribution in [2.45, 2.75) is 6.04 Å². The number of aromatic nitrogens is 1. The monoisotopic (exact) mass is 384 g/mol. The third-order valence-electron chi connectivity index (χ3n) is 2.76. The average Bonchev–Trinajstić information content (AvgIpc) is 3.12. The van der Waals surface area contributed by atoms with Gasteiger partial charge < -0.3 is 5.32 Å². The normalized spacial score (nSPS) is 10.9. The predicted molar refractivity (Wildman–Crippen MR) is 91.1 cm³/mol. The van der Waals surface area contributed by atoms with Crippen LogP contribution in [0.25, 0.3) is 0 Å². The van der Waals surface area contributed by atoms with Crippen molar-refractivity contribution < 1.29 is 0 Å². The Morgan fingerprint density at radius 3 is 2.35 bits per heavy atom. The summed E-state index contributed by atoms with van der Waals surface area (Å²) < 4.78 is 0.903. The molecule has 0 atom stereocenters. The fourth-order valence-corrected chi connectivity index (χ4v) is 4.02. The van der Waals surface area contributed by atoms with Gasteiger partial charge in [-0.05, 0) is 44.9 Å². The van der Waals surface area contributed by atoms with Gasteiger partial charge in [-0.15, -0.1) is 22.7 Å². The first kappa shape index (κ1) is 14.1. The zero-order valence-corrected chi connectivity index (χ0v) is 14.2. The summed E-state index contributed by atoms with van der Waals surface area (Å²) in [5.41, 5.74) is 0.827. The summed E-state index contributed by atoms with van der Waals surface area (Å²) >= 11 is 13.1. The molecule has 20 heavy (non-hydrogen) atoms. The third-order valence-corrected chi connectivity index (χ3v) is 5.37. The second-order valence-electron chi connectivity index (χ2n) is 4.10. The van der Waals surface area contributed by atoms with Gasteiger partial charge in [-0.25, -0.2) is 4.98 Å². The predicted octanol–water partition coefficient (Wildman–Crippen LogP) is 5.82. The highest BCUT2D eigenvalue weighted by Crippen LogP contribution is 2.34. The molecule has 0 aliphatic carbocycles. The van der Waals surface area contributed by atoms with Crippen LogP contribution in [0.3, 0.4) is 0 Å². The molecular weight excluding hydrogens is 376 g/mol. The fraction of sp³-hybridized carbons (Fsp3) is 0.0714.